The lowest BCUT2D eigenvalue weighted by atomic mass is 9.87. The van der Waals surface area contributed by atoms with Crippen LogP contribution in [0.1, 0.15) is 32.8 Å². The summed E-state index contributed by atoms with van der Waals surface area (Å²) in [6.07, 6.45) is 2.50. The summed E-state index contributed by atoms with van der Waals surface area (Å²) in [5.74, 6) is -0.691. The molecule has 0 aromatic heterocycles. The van der Waals surface area contributed by atoms with Crippen LogP contribution in [0, 0.1) is 5.41 Å². The fraction of sp³-hybridized carbons (Fsp3) is 0.273. The van der Waals surface area contributed by atoms with Gasteiger partial charge in [0, 0.05) is 5.41 Å². The maximum absolute atomic E-state index is 12.6. The van der Waals surface area contributed by atoms with Crippen LogP contribution in [0.25, 0.3) is 16.3 Å². The van der Waals surface area contributed by atoms with Gasteiger partial charge in [0.1, 0.15) is 5.57 Å². The summed E-state index contributed by atoms with van der Waals surface area (Å²) in [6.45, 7) is 5.75. The zero-order chi connectivity index (χ0) is 18.2. The summed E-state index contributed by atoms with van der Waals surface area (Å²) in [4.78, 5) is 24.7. The molecule has 0 bridgehead atoms. The van der Waals surface area contributed by atoms with Crippen molar-refractivity contribution in [1.82, 2.24) is 0 Å². The van der Waals surface area contributed by atoms with Gasteiger partial charge < -0.3 is 4.74 Å². The highest BCUT2D eigenvalue weighted by molar-refractivity contribution is 6.22. The zero-order valence-electron chi connectivity index (χ0n) is 15.1. The molecule has 3 rings (SSSR count). The van der Waals surface area contributed by atoms with Gasteiger partial charge in [-0.2, -0.15) is 0 Å². The number of benzene rings is 2. The van der Waals surface area contributed by atoms with Gasteiger partial charge in [-0.25, -0.2) is 4.79 Å². The molecule has 25 heavy (non-hydrogen) atoms. The highest BCUT2D eigenvalue weighted by atomic mass is 16.5. The van der Waals surface area contributed by atoms with Crippen LogP contribution in [0.4, 0.5) is 0 Å². The van der Waals surface area contributed by atoms with Crippen molar-refractivity contribution in [1.29, 1.82) is 0 Å². The largest absolute Gasteiger partial charge is 0.465 e. The molecule has 0 unspecified atom stereocenters. The van der Waals surface area contributed by atoms with Crippen molar-refractivity contribution in [3.05, 3.63) is 65.3 Å². The average Bonchev–Trinajstić information content (AvgIpc) is 2.82. The number of ether oxygens (including phenoxy) is 1. The molecule has 0 amide bonds. The summed E-state index contributed by atoms with van der Waals surface area (Å²) >= 11 is 0. The van der Waals surface area contributed by atoms with Crippen molar-refractivity contribution in [2.75, 3.05) is 7.11 Å². The minimum Gasteiger partial charge on any atom is -0.465 e. The second kappa shape index (κ2) is 6.32. The Morgan fingerprint density at radius 3 is 2.52 bits per heavy atom. The van der Waals surface area contributed by atoms with Gasteiger partial charge >= 0.3 is 5.97 Å². The van der Waals surface area contributed by atoms with E-state index in [1.165, 1.54) is 7.11 Å². The Morgan fingerprint density at radius 1 is 1.12 bits per heavy atom. The molecule has 128 valence electrons. The fourth-order valence-corrected chi connectivity index (χ4v) is 3.49. The van der Waals surface area contributed by atoms with Gasteiger partial charge in [-0.3, -0.25) is 4.79 Å². The minimum atomic E-state index is -0.575. The van der Waals surface area contributed by atoms with Crippen LogP contribution in [-0.2, 0) is 14.3 Å². The van der Waals surface area contributed by atoms with E-state index in [1.54, 1.807) is 0 Å². The van der Waals surface area contributed by atoms with E-state index in [0.29, 0.717) is 6.42 Å². The highest BCUT2D eigenvalue weighted by Crippen LogP contribution is 2.40. The Morgan fingerprint density at radius 2 is 1.80 bits per heavy atom. The summed E-state index contributed by atoms with van der Waals surface area (Å²) in [5.41, 5.74) is 2.50. The first-order valence-corrected chi connectivity index (χ1v) is 8.38. The van der Waals surface area contributed by atoms with E-state index < -0.39 is 11.4 Å². The molecule has 0 radical (unpaired) electrons. The molecule has 0 saturated carbocycles. The van der Waals surface area contributed by atoms with Crippen molar-refractivity contribution >= 4 is 28.1 Å². The number of carbonyl (C=O) groups excluding carboxylic acids is 2. The van der Waals surface area contributed by atoms with Crippen molar-refractivity contribution in [3.8, 4) is 0 Å². The Hall–Kier alpha value is -2.68. The molecule has 1 aliphatic rings. The molecule has 3 nitrogen and oxygen atoms in total. The molecule has 0 saturated heterocycles. The van der Waals surface area contributed by atoms with E-state index in [-0.39, 0.29) is 11.4 Å². The molecule has 1 aliphatic carbocycles. The first-order valence-electron chi connectivity index (χ1n) is 8.38. The van der Waals surface area contributed by atoms with Crippen LogP contribution in [-0.4, -0.2) is 18.9 Å². The van der Waals surface area contributed by atoms with Gasteiger partial charge in [0.2, 0.25) is 0 Å². The Balaban J connectivity index is 2.13. The van der Waals surface area contributed by atoms with Gasteiger partial charge in [0.15, 0.2) is 5.78 Å². The summed E-state index contributed by atoms with van der Waals surface area (Å²) in [6, 6.07) is 14.4. The average molecular weight is 334 g/mol. The molecule has 2 aromatic rings. The number of ketones is 1. The molecule has 0 heterocycles. The predicted molar refractivity (Wildman–Crippen MR) is 100 cm³/mol. The predicted octanol–water partition coefficient (Wildman–Crippen LogP) is 4.71. The van der Waals surface area contributed by atoms with Gasteiger partial charge in [-0.1, -0.05) is 62.4 Å². The number of Topliss-reactive ketones (excluding diaryl/α,β-unsaturated/α-hetero) is 1. The fourth-order valence-electron chi connectivity index (χ4n) is 3.49. The summed E-state index contributed by atoms with van der Waals surface area (Å²) in [5, 5.41) is 2.32. The van der Waals surface area contributed by atoms with Crippen LogP contribution in [0.15, 0.2) is 59.7 Å². The number of hydrogen-bond donors (Lipinski definition) is 0. The van der Waals surface area contributed by atoms with Gasteiger partial charge in [0.05, 0.1) is 7.11 Å². The van der Waals surface area contributed by atoms with E-state index in [9.17, 15) is 9.59 Å². The van der Waals surface area contributed by atoms with Gasteiger partial charge in [-0.05, 0) is 40.8 Å². The third-order valence-electron chi connectivity index (χ3n) is 4.79. The maximum Gasteiger partial charge on any atom is 0.341 e. The third kappa shape index (κ3) is 3.02. The molecule has 2 aromatic carbocycles. The third-order valence-corrected chi connectivity index (χ3v) is 4.79. The van der Waals surface area contributed by atoms with Gasteiger partial charge in [-0.15, -0.1) is 0 Å². The summed E-state index contributed by atoms with van der Waals surface area (Å²) < 4.78 is 4.84. The molecule has 0 atom stereocenters. The normalized spacial score (nSPS) is 17.3. The number of rotatable bonds is 3. The molecule has 0 fully saturated rings. The van der Waals surface area contributed by atoms with Gasteiger partial charge in [0.25, 0.3) is 0 Å². The van der Waals surface area contributed by atoms with Crippen molar-refractivity contribution in [3.63, 3.8) is 0 Å². The SMILES string of the molecule is COC(=O)C1=C(/C=C(\C)c2cccc3ccccc23)CC(C)(C)C1=O. The van der Waals surface area contributed by atoms with Crippen LogP contribution in [0.2, 0.25) is 0 Å². The van der Waals surface area contributed by atoms with E-state index in [1.807, 2.05) is 45.0 Å². The first-order chi connectivity index (χ1) is 11.8. The van der Waals surface area contributed by atoms with E-state index >= 15 is 0 Å². The standard InChI is InChI=1S/C22H22O3/c1-14(17-11-7-9-15-8-5-6-10-18(15)17)12-16-13-22(2,3)20(23)19(16)21(24)25-4/h5-12H,13H2,1-4H3/b14-12+. The molecular weight excluding hydrogens is 312 g/mol. The number of methoxy groups -OCH3 is 1. The molecule has 3 heteroatoms. The zero-order valence-corrected chi connectivity index (χ0v) is 15.1. The molecular formula is C22H22O3. The van der Waals surface area contributed by atoms with E-state index in [4.69, 9.17) is 4.74 Å². The lowest BCUT2D eigenvalue weighted by Crippen LogP contribution is -2.23. The monoisotopic (exact) mass is 334 g/mol. The minimum absolute atomic E-state index is 0.142. The molecule has 0 N–H and O–H groups in total. The van der Waals surface area contributed by atoms with Crippen LogP contribution >= 0.6 is 0 Å². The Labute approximate surface area is 148 Å². The van der Waals surface area contributed by atoms with Crippen molar-refractivity contribution in [2.45, 2.75) is 27.2 Å². The number of fused-ring (bicyclic) bond motifs is 1. The van der Waals surface area contributed by atoms with Crippen LogP contribution in [0.5, 0.6) is 0 Å². The Bertz CT molecular complexity index is 924. The maximum atomic E-state index is 12.6. The van der Waals surface area contributed by atoms with Crippen LogP contribution < -0.4 is 0 Å². The second-order valence-corrected chi connectivity index (χ2v) is 7.14. The topological polar surface area (TPSA) is 43.4 Å². The number of carbonyl (C=O) groups is 2. The quantitative estimate of drug-likeness (QED) is 0.603. The van der Waals surface area contributed by atoms with Crippen molar-refractivity contribution in [2.24, 2.45) is 5.41 Å². The lowest BCUT2D eigenvalue weighted by Gasteiger charge is -2.15. The smallest absolute Gasteiger partial charge is 0.341 e. The van der Waals surface area contributed by atoms with E-state index in [2.05, 4.69) is 24.3 Å². The lowest BCUT2D eigenvalue weighted by molar-refractivity contribution is -0.138. The first kappa shape index (κ1) is 17.2. The van der Waals surface area contributed by atoms with E-state index in [0.717, 1.165) is 27.5 Å². The number of allylic oxidation sites excluding steroid dienone is 3. The second-order valence-electron chi connectivity index (χ2n) is 7.14. The molecule has 0 aliphatic heterocycles. The highest BCUT2D eigenvalue weighted by Gasteiger charge is 2.42. The Kier molecular flexibility index (Phi) is 4.34. The van der Waals surface area contributed by atoms with Crippen molar-refractivity contribution < 1.29 is 14.3 Å². The summed E-state index contributed by atoms with van der Waals surface area (Å²) in [7, 11) is 1.31. The number of hydrogen-bond acceptors (Lipinski definition) is 3. The van der Waals surface area contributed by atoms with Crippen LogP contribution in [0.3, 0.4) is 0 Å². The molecule has 0 spiro atoms. The number of esters is 1.